The molecule has 5 heteroatoms. The molecule has 0 unspecified atom stereocenters. The zero-order valence-corrected chi connectivity index (χ0v) is 14.7. The first-order valence-corrected chi connectivity index (χ1v) is 8.31. The zero-order chi connectivity index (χ0) is 19.2. The highest BCUT2D eigenvalue weighted by atomic mass is 16.5. The van der Waals surface area contributed by atoms with Gasteiger partial charge in [-0.25, -0.2) is 9.59 Å². The smallest absolute Gasteiger partial charge is 0.337 e. The van der Waals surface area contributed by atoms with Crippen LogP contribution < -0.4 is 4.74 Å². The first kappa shape index (κ1) is 18.2. The molecule has 0 bridgehead atoms. The van der Waals surface area contributed by atoms with E-state index in [2.05, 4.69) is 4.74 Å². The highest BCUT2D eigenvalue weighted by Crippen LogP contribution is 2.25. The van der Waals surface area contributed by atoms with E-state index in [1.807, 2.05) is 42.5 Å². The van der Waals surface area contributed by atoms with Gasteiger partial charge in [0.15, 0.2) is 0 Å². The third kappa shape index (κ3) is 4.33. The molecule has 0 aliphatic heterocycles. The van der Waals surface area contributed by atoms with Crippen molar-refractivity contribution in [3.63, 3.8) is 0 Å². The van der Waals surface area contributed by atoms with Crippen molar-refractivity contribution in [2.75, 3.05) is 13.7 Å². The van der Waals surface area contributed by atoms with Crippen molar-refractivity contribution in [1.29, 1.82) is 0 Å². The number of rotatable bonds is 6. The number of hydrogen-bond donors (Lipinski definition) is 1. The van der Waals surface area contributed by atoms with Crippen molar-refractivity contribution in [3.05, 3.63) is 83.4 Å². The first-order valence-electron chi connectivity index (χ1n) is 8.31. The van der Waals surface area contributed by atoms with E-state index in [4.69, 9.17) is 4.74 Å². The van der Waals surface area contributed by atoms with Crippen LogP contribution >= 0.6 is 0 Å². The fourth-order valence-corrected chi connectivity index (χ4v) is 2.68. The van der Waals surface area contributed by atoms with E-state index in [1.165, 1.54) is 13.2 Å². The topological polar surface area (TPSA) is 72.8 Å². The Morgan fingerprint density at radius 2 is 1.67 bits per heavy atom. The third-order valence-electron chi connectivity index (χ3n) is 4.08. The monoisotopic (exact) mass is 362 g/mol. The molecule has 0 heterocycles. The Morgan fingerprint density at radius 3 is 2.37 bits per heavy atom. The first-order chi connectivity index (χ1) is 13.1. The lowest BCUT2D eigenvalue weighted by Gasteiger charge is -2.10. The maximum absolute atomic E-state index is 11.6. The predicted molar refractivity (Wildman–Crippen MR) is 103 cm³/mol. The molecule has 27 heavy (non-hydrogen) atoms. The van der Waals surface area contributed by atoms with Crippen LogP contribution in [0.2, 0.25) is 0 Å². The molecule has 3 rings (SSSR count). The van der Waals surface area contributed by atoms with Crippen LogP contribution in [0.5, 0.6) is 5.75 Å². The fourth-order valence-electron chi connectivity index (χ4n) is 2.68. The Labute approximate surface area is 156 Å². The lowest BCUT2D eigenvalue weighted by Crippen LogP contribution is -2.10. The zero-order valence-electron chi connectivity index (χ0n) is 14.7. The van der Waals surface area contributed by atoms with Crippen LogP contribution in [0.3, 0.4) is 0 Å². The van der Waals surface area contributed by atoms with E-state index in [0.29, 0.717) is 16.9 Å². The van der Waals surface area contributed by atoms with Gasteiger partial charge in [0.1, 0.15) is 12.4 Å². The maximum atomic E-state index is 11.6. The minimum Gasteiger partial charge on any atom is -0.488 e. The van der Waals surface area contributed by atoms with Crippen molar-refractivity contribution in [3.8, 4) is 5.75 Å². The Balaban J connectivity index is 1.80. The number of hydrogen-bond acceptors (Lipinski definition) is 4. The van der Waals surface area contributed by atoms with Gasteiger partial charge in [-0.1, -0.05) is 48.5 Å². The van der Waals surface area contributed by atoms with Crippen LogP contribution in [0.15, 0.2) is 72.3 Å². The molecular formula is C22H18O5. The Hall–Kier alpha value is -3.60. The van der Waals surface area contributed by atoms with Crippen molar-refractivity contribution in [2.24, 2.45) is 0 Å². The molecule has 0 aliphatic carbocycles. The molecule has 5 nitrogen and oxygen atoms in total. The molecule has 3 aromatic carbocycles. The van der Waals surface area contributed by atoms with Crippen LogP contribution in [0, 0.1) is 0 Å². The summed E-state index contributed by atoms with van der Waals surface area (Å²) in [6.07, 6.45) is 1.52. The molecule has 0 atom stereocenters. The minimum atomic E-state index is -1.06. The number of carbonyl (C=O) groups excluding carboxylic acids is 1. The number of carboxylic acid groups (broad SMARTS) is 1. The summed E-state index contributed by atoms with van der Waals surface area (Å²) >= 11 is 0. The molecule has 1 N–H and O–H groups in total. The summed E-state index contributed by atoms with van der Waals surface area (Å²) in [4.78, 5) is 23.1. The van der Waals surface area contributed by atoms with Gasteiger partial charge in [0, 0.05) is 5.39 Å². The van der Waals surface area contributed by atoms with E-state index in [1.54, 1.807) is 24.3 Å². The van der Waals surface area contributed by atoms with Gasteiger partial charge >= 0.3 is 11.9 Å². The van der Waals surface area contributed by atoms with Gasteiger partial charge in [-0.2, -0.15) is 0 Å². The van der Waals surface area contributed by atoms with E-state index < -0.39 is 11.9 Å². The van der Waals surface area contributed by atoms with Crippen molar-refractivity contribution in [2.45, 2.75) is 0 Å². The quantitative estimate of drug-likeness (QED) is 0.526. The van der Waals surface area contributed by atoms with Gasteiger partial charge < -0.3 is 14.6 Å². The molecular weight excluding hydrogens is 344 g/mol. The van der Waals surface area contributed by atoms with Gasteiger partial charge in [-0.3, -0.25) is 0 Å². The molecule has 0 saturated heterocycles. The summed E-state index contributed by atoms with van der Waals surface area (Å²) in [5.74, 6) is -0.878. The van der Waals surface area contributed by atoms with Crippen LogP contribution in [-0.2, 0) is 9.53 Å². The number of carbonyl (C=O) groups is 2. The maximum Gasteiger partial charge on any atom is 0.337 e. The van der Waals surface area contributed by atoms with Crippen molar-refractivity contribution < 1.29 is 24.2 Å². The molecule has 0 saturated carbocycles. The van der Waals surface area contributed by atoms with E-state index in [9.17, 15) is 14.7 Å². The average Bonchev–Trinajstić information content (AvgIpc) is 2.70. The molecule has 0 aliphatic rings. The number of esters is 1. The molecule has 0 amide bonds. The van der Waals surface area contributed by atoms with Gasteiger partial charge in [0.05, 0.1) is 18.2 Å². The molecule has 0 spiro atoms. The summed E-state index contributed by atoms with van der Waals surface area (Å²) in [5, 5.41) is 11.4. The van der Waals surface area contributed by atoms with Crippen LogP contribution in [0.4, 0.5) is 0 Å². The van der Waals surface area contributed by atoms with Crippen LogP contribution in [-0.4, -0.2) is 30.8 Å². The van der Waals surface area contributed by atoms with E-state index >= 15 is 0 Å². The SMILES string of the molecule is COC(=O)c1ccc(/C=C(\COc2cccc3ccccc23)C(=O)O)cc1. The van der Waals surface area contributed by atoms with Gasteiger partial charge in [0.25, 0.3) is 0 Å². The molecule has 0 radical (unpaired) electrons. The highest BCUT2D eigenvalue weighted by molar-refractivity contribution is 5.93. The Morgan fingerprint density at radius 1 is 0.963 bits per heavy atom. The lowest BCUT2D eigenvalue weighted by molar-refractivity contribution is -0.132. The largest absolute Gasteiger partial charge is 0.488 e. The van der Waals surface area contributed by atoms with Gasteiger partial charge in [0.2, 0.25) is 0 Å². The normalized spacial score (nSPS) is 11.2. The third-order valence-corrected chi connectivity index (χ3v) is 4.08. The summed E-state index contributed by atoms with van der Waals surface area (Å²) < 4.78 is 10.4. The number of fused-ring (bicyclic) bond motifs is 1. The highest BCUT2D eigenvalue weighted by Gasteiger charge is 2.11. The number of benzene rings is 3. The Bertz CT molecular complexity index is 997. The minimum absolute atomic E-state index is 0.0813. The molecule has 3 aromatic rings. The summed E-state index contributed by atoms with van der Waals surface area (Å²) in [5.41, 5.74) is 1.16. The van der Waals surface area contributed by atoms with Crippen molar-refractivity contribution >= 4 is 28.8 Å². The van der Waals surface area contributed by atoms with Crippen LogP contribution in [0.25, 0.3) is 16.8 Å². The number of ether oxygens (including phenoxy) is 2. The molecule has 0 fully saturated rings. The fraction of sp³-hybridized carbons (Fsp3) is 0.0909. The molecule has 0 aromatic heterocycles. The second kappa shape index (κ2) is 8.19. The lowest BCUT2D eigenvalue weighted by atomic mass is 10.1. The number of carboxylic acids is 1. The van der Waals surface area contributed by atoms with Crippen molar-refractivity contribution in [1.82, 2.24) is 0 Å². The summed E-state index contributed by atoms with van der Waals surface area (Å²) in [6, 6.07) is 19.9. The second-order valence-electron chi connectivity index (χ2n) is 5.85. The number of methoxy groups -OCH3 is 1. The summed E-state index contributed by atoms with van der Waals surface area (Å²) in [7, 11) is 1.31. The van der Waals surface area contributed by atoms with E-state index in [-0.39, 0.29) is 12.2 Å². The Kier molecular flexibility index (Phi) is 5.52. The standard InChI is InChI=1S/C22H18O5/c1-26-22(25)17-11-9-15(10-12-17)13-18(21(23)24)14-27-20-8-4-6-16-5-2-3-7-19(16)20/h2-13H,14H2,1H3,(H,23,24)/b18-13+. The van der Waals surface area contributed by atoms with Crippen LogP contribution in [0.1, 0.15) is 15.9 Å². The average molecular weight is 362 g/mol. The summed E-state index contributed by atoms with van der Waals surface area (Å²) in [6.45, 7) is -0.0813. The van der Waals surface area contributed by atoms with E-state index in [0.717, 1.165) is 10.8 Å². The second-order valence-corrected chi connectivity index (χ2v) is 5.85. The van der Waals surface area contributed by atoms with Gasteiger partial charge in [-0.15, -0.1) is 0 Å². The molecule has 136 valence electrons. The van der Waals surface area contributed by atoms with Gasteiger partial charge in [-0.05, 0) is 35.2 Å². The predicted octanol–water partition coefficient (Wildman–Crippen LogP) is 4.17. The number of aliphatic carboxylic acids is 1.